The average molecular weight is 518 g/mol. The minimum Gasteiger partial charge on any atom is -0.461 e. The summed E-state index contributed by atoms with van der Waals surface area (Å²) >= 11 is 0. The Balaban J connectivity index is 1.84. The van der Waals surface area contributed by atoms with Crippen molar-refractivity contribution in [1.82, 2.24) is 15.2 Å². The molecule has 1 heterocycles. The first-order chi connectivity index (χ1) is 18.1. The van der Waals surface area contributed by atoms with Gasteiger partial charge in [0.25, 0.3) is 0 Å². The molecule has 0 spiro atoms. The van der Waals surface area contributed by atoms with Crippen LogP contribution in [0.15, 0.2) is 73.1 Å². The van der Waals surface area contributed by atoms with Crippen molar-refractivity contribution in [2.24, 2.45) is 5.41 Å². The van der Waals surface area contributed by atoms with Crippen LogP contribution in [0.2, 0.25) is 0 Å². The van der Waals surface area contributed by atoms with Gasteiger partial charge in [-0.05, 0) is 40.2 Å². The van der Waals surface area contributed by atoms with Gasteiger partial charge in [0.15, 0.2) is 0 Å². The molecule has 0 bridgehead atoms. The van der Waals surface area contributed by atoms with Gasteiger partial charge in [-0.25, -0.2) is 0 Å². The fourth-order valence-corrected chi connectivity index (χ4v) is 4.28. The Bertz CT molecular complexity index is 1210. The maximum Gasteiger partial charge on any atom is 0.308 e. The van der Waals surface area contributed by atoms with Gasteiger partial charge < -0.3 is 19.9 Å². The van der Waals surface area contributed by atoms with E-state index in [4.69, 9.17) is 4.74 Å². The standard InChI is InChI=1S/C31H39N3O4/c1-6-10-22-13-15-24(16-14-22)25-17-18-34(20-25)26(19-27(35)38-21-23-11-8-7-9-12-23)29(36)33-28(30(37)32-5)31(2,3)4/h7-9,11-18,20,26,28H,6,10,19,21H2,1-5H3,(H,32,37)(H,33,36). The SMILES string of the molecule is CCCc1ccc(-c2ccn(C(CC(=O)OCc3ccccc3)C(=O)NC(C(=O)NC)C(C)(C)C)c2)cc1. The summed E-state index contributed by atoms with van der Waals surface area (Å²) in [5.41, 5.74) is 3.56. The minimum absolute atomic E-state index is 0.123. The monoisotopic (exact) mass is 517 g/mol. The zero-order valence-electron chi connectivity index (χ0n) is 23.0. The molecule has 0 saturated heterocycles. The normalized spacial score (nSPS) is 12.9. The number of likely N-dealkylation sites (N-methyl/N-ethyl adjacent to an activating group) is 1. The lowest BCUT2D eigenvalue weighted by molar-refractivity contribution is -0.148. The summed E-state index contributed by atoms with van der Waals surface area (Å²) < 4.78 is 7.21. The summed E-state index contributed by atoms with van der Waals surface area (Å²) in [5, 5.41) is 5.50. The van der Waals surface area contributed by atoms with Crippen LogP contribution in [0.3, 0.4) is 0 Å². The molecule has 0 aliphatic rings. The molecule has 3 rings (SSSR count). The topological polar surface area (TPSA) is 89.4 Å². The molecular formula is C31H39N3O4. The molecule has 0 fully saturated rings. The molecule has 2 N–H and O–H groups in total. The predicted molar refractivity (Wildman–Crippen MR) is 149 cm³/mol. The molecule has 0 radical (unpaired) electrons. The molecular weight excluding hydrogens is 478 g/mol. The Kier molecular flexibility index (Phi) is 9.88. The van der Waals surface area contributed by atoms with E-state index in [1.165, 1.54) is 12.6 Å². The van der Waals surface area contributed by atoms with Gasteiger partial charge in [-0.2, -0.15) is 0 Å². The second kappa shape index (κ2) is 13.1. The molecule has 0 saturated carbocycles. The number of amides is 2. The highest BCUT2D eigenvalue weighted by molar-refractivity contribution is 5.91. The molecule has 7 nitrogen and oxygen atoms in total. The van der Waals surface area contributed by atoms with E-state index in [1.807, 2.05) is 63.4 Å². The number of esters is 1. The van der Waals surface area contributed by atoms with E-state index in [1.54, 1.807) is 10.8 Å². The van der Waals surface area contributed by atoms with Crippen LogP contribution in [0, 0.1) is 5.41 Å². The van der Waals surface area contributed by atoms with Gasteiger partial charge >= 0.3 is 5.97 Å². The smallest absolute Gasteiger partial charge is 0.308 e. The first-order valence-corrected chi connectivity index (χ1v) is 13.1. The lowest BCUT2D eigenvalue weighted by Crippen LogP contribution is -2.54. The van der Waals surface area contributed by atoms with Crippen LogP contribution in [0.1, 0.15) is 57.7 Å². The van der Waals surface area contributed by atoms with Gasteiger partial charge in [0.1, 0.15) is 18.7 Å². The van der Waals surface area contributed by atoms with Crippen LogP contribution >= 0.6 is 0 Å². The quantitative estimate of drug-likeness (QED) is 0.348. The molecule has 1 aromatic heterocycles. The van der Waals surface area contributed by atoms with Gasteiger partial charge in [0, 0.05) is 19.4 Å². The summed E-state index contributed by atoms with van der Waals surface area (Å²) in [6, 6.07) is 18.0. The van der Waals surface area contributed by atoms with Crippen molar-refractivity contribution in [1.29, 1.82) is 0 Å². The number of rotatable bonds is 11. The molecule has 2 unspecified atom stereocenters. The number of nitrogens with one attached hydrogen (secondary N) is 2. The number of carbonyl (C=O) groups is 3. The summed E-state index contributed by atoms with van der Waals surface area (Å²) in [6.07, 6.45) is 5.58. The fourth-order valence-electron chi connectivity index (χ4n) is 4.28. The van der Waals surface area contributed by atoms with Crippen molar-refractivity contribution < 1.29 is 19.1 Å². The Morgan fingerprint density at radius 2 is 1.58 bits per heavy atom. The maximum absolute atomic E-state index is 13.6. The molecule has 0 aliphatic carbocycles. The molecule has 0 aliphatic heterocycles. The van der Waals surface area contributed by atoms with E-state index >= 15 is 0 Å². The highest BCUT2D eigenvalue weighted by Crippen LogP contribution is 2.26. The number of hydrogen-bond acceptors (Lipinski definition) is 4. The van der Waals surface area contributed by atoms with E-state index in [0.29, 0.717) is 0 Å². The highest BCUT2D eigenvalue weighted by atomic mass is 16.5. The number of hydrogen-bond donors (Lipinski definition) is 2. The molecule has 2 atom stereocenters. The zero-order chi connectivity index (χ0) is 27.7. The molecule has 2 aromatic carbocycles. The number of nitrogens with zero attached hydrogens (tertiary/aromatic N) is 1. The largest absolute Gasteiger partial charge is 0.461 e. The van der Waals surface area contributed by atoms with Gasteiger partial charge in [-0.1, -0.05) is 88.7 Å². The summed E-state index contributed by atoms with van der Waals surface area (Å²) in [4.78, 5) is 39.0. The van der Waals surface area contributed by atoms with Gasteiger partial charge in [0.05, 0.1) is 6.42 Å². The highest BCUT2D eigenvalue weighted by Gasteiger charge is 2.35. The van der Waals surface area contributed by atoms with Crippen LogP contribution in [-0.4, -0.2) is 35.4 Å². The summed E-state index contributed by atoms with van der Waals surface area (Å²) in [5.74, 6) is -1.22. The molecule has 38 heavy (non-hydrogen) atoms. The predicted octanol–water partition coefficient (Wildman–Crippen LogP) is 5.06. The van der Waals surface area contributed by atoms with E-state index < -0.39 is 29.4 Å². The van der Waals surface area contributed by atoms with Crippen molar-refractivity contribution >= 4 is 17.8 Å². The Labute approximate surface area is 225 Å². The number of ether oxygens (including phenoxy) is 1. The van der Waals surface area contributed by atoms with Crippen LogP contribution in [-0.2, 0) is 32.1 Å². The molecule has 202 valence electrons. The van der Waals surface area contributed by atoms with Crippen LogP contribution in [0.5, 0.6) is 0 Å². The van der Waals surface area contributed by atoms with E-state index in [2.05, 4.69) is 41.8 Å². The zero-order valence-corrected chi connectivity index (χ0v) is 23.0. The average Bonchev–Trinajstić information content (AvgIpc) is 3.39. The number of carbonyl (C=O) groups excluding carboxylic acids is 3. The second-order valence-corrected chi connectivity index (χ2v) is 10.6. The third kappa shape index (κ3) is 7.81. The van der Waals surface area contributed by atoms with E-state index in [-0.39, 0.29) is 18.9 Å². The Morgan fingerprint density at radius 1 is 0.895 bits per heavy atom. The lowest BCUT2D eigenvalue weighted by atomic mass is 9.86. The third-order valence-corrected chi connectivity index (χ3v) is 6.47. The minimum atomic E-state index is -0.888. The Hall–Kier alpha value is -3.87. The lowest BCUT2D eigenvalue weighted by Gasteiger charge is -2.31. The molecule has 3 aromatic rings. The van der Waals surface area contributed by atoms with E-state index in [9.17, 15) is 14.4 Å². The van der Waals surface area contributed by atoms with Gasteiger partial charge in [-0.15, -0.1) is 0 Å². The van der Waals surface area contributed by atoms with Crippen molar-refractivity contribution in [2.75, 3.05) is 7.05 Å². The first kappa shape index (κ1) is 28.7. The van der Waals surface area contributed by atoms with Crippen molar-refractivity contribution in [3.05, 3.63) is 84.2 Å². The number of benzene rings is 2. The molecule has 2 amide bonds. The molecule has 7 heteroatoms. The summed E-state index contributed by atoms with van der Waals surface area (Å²) in [7, 11) is 1.54. The van der Waals surface area contributed by atoms with Crippen LogP contribution in [0.25, 0.3) is 11.1 Å². The fraction of sp³-hybridized carbons (Fsp3) is 0.387. The number of aryl methyl sites for hydroxylation is 1. The van der Waals surface area contributed by atoms with Crippen molar-refractivity contribution in [3.63, 3.8) is 0 Å². The first-order valence-electron chi connectivity index (χ1n) is 13.1. The Morgan fingerprint density at radius 3 is 2.18 bits per heavy atom. The van der Waals surface area contributed by atoms with Crippen molar-refractivity contribution in [3.8, 4) is 11.1 Å². The summed E-state index contributed by atoms with van der Waals surface area (Å²) in [6.45, 7) is 7.92. The third-order valence-electron chi connectivity index (χ3n) is 6.47. The maximum atomic E-state index is 13.6. The van der Waals surface area contributed by atoms with E-state index in [0.717, 1.165) is 29.5 Å². The second-order valence-electron chi connectivity index (χ2n) is 10.6. The van der Waals surface area contributed by atoms with Crippen LogP contribution in [0.4, 0.5) is 0 Å². The number of aromatic nitrogens is 1. The van der Waals surface area contributed by atoms with Gasteiger partial charge in [0.2, 0.25) is 11.8 Å². The van der Waals surface area contributed by atoms with Crippen LogP contribution < -0.4 is 10.6 Å². The van der Waals surface area contributed by atoms with Crippen molar-refractivity contribution in [2.45, 2.75) is 65.6 Å². The van der Waals surface area contributed by atoms with Gasteiger partial charge in [-0.3, -0.25) is 14.4 Å².